The van der Waals surface area contributed by atoms with Crippen molar-refractivity contribution in [2.24, 2.45) is 0 Å². The van der Waals surface area contributed by atoms with Crippen LogP contribution in [0, 0.1) is 0 Å². The first-order valence-electron chi connectivity index (χ1n) is 5.28. The summed E-state index contributed by atoms with van der Waals surface area (Å²) in [6, 6.07) is 9.21. The van der Waals surface area contributed by atoms with Crippen LogP contribution in [0.3, 0.4) is 0 Å². The molecule has 1 N–H and O–H groups in total. The quantitative estimate of drug-likeness (QED) is 0.648. The molecular formula is C11H18NNaO3S. The predicted molar refractivity (Wildman–Crippen MR) is 72.2 cm³/mol. The van der Waals surface area contributed by atoms with E-state index < -0.39 is 15.5 Å². The topological polar surface area (TPSA) is 57.6 Å². The Bertz CT molecular complexity index is 422. The van der Waals surface area contributed by atoms with E-state index in [1.807, 2.05) is 37.3 Å². The molecule has 0 aliphatic heterocycles. The van der Waals surface area contributed by atoms with Crippen LogP contribution in [0.4, 0.5) is 5.69 Å². The number of rotatable bonds is 5. The minimum absolute atomic E-state index is 0. The molecule has 0 bridgehead atoms. The van der Waals surface area contributed by atoms with Gasteiger partial charge in [-0.1, -0.05) is 25.1 Å². The number of benzene rings is 1. The van der Waals surface area contributed by atoms with Gasteiger partial charge in [0.25, 0.3) is 10.1 Å². The molecule has 92 valence electrons. The van der Waals surface area contributed by atoms with Crippen molar-refractivity contribution < 1.29 is 13.0 Å². The fourth-order valence-electron chi connectivity index (χ4n) is 1.76. The third-order valence-electron chi connectivity index (χ3n) is 2.47. The molecule has 17 heavy (non-hydrogen) atoms. The zero-order chi connectivity index (χ0) is 12.2. The van der Waals surface area contributed by atoms with E-state index in [1.54, 1.807) is 11.8 Å². The molecule has 0 saturated carbocycles. The third kappa shape index (κ3) is 4.60. The molecule has 0 aromatic heterocycles. The fourth-order valence-corrected chi connectivity index (χ4v) is 2.78. The van der Waals surface area contributed by atoms with Gasteiger partial charge in [-0.25, -0.2) is 0 Å². The maximum atomic E-state index is 11.3. The van der Waals surface area contributed by atoms with Crippen molar-refractivity contribution in [1.29, 1.82) is 0 Å². The summed E-state index contributed by atoms with van der Waals surface area (Å²) >= 11 is 0. The van der Waals surface area contributed by atoms with E-state index in [0.717, 1.165) is 5.69 Å². The molecule has 0 amide bonds. The SMILES string of the molecule is CCC(N(CC)c1ccccc1)S(=O)(=O)O.[NaH]. The maximum absolute atomic E-state index is 11.3. The summed E-state index contributed by atoms with van der Waals surface area (Å²) < 4.78 is 31.7. The Morgan fingerprint density at radius 1 is 1.24 bits per heavy atom. The average Bonchev–Trinajstić information content (AvgIpc) is 2.25. The molecule has 0 saturated heterocycles. The predicted octanol–water partition coefficient (Wildman–Crippen LogP) is 1.49. The monoisotopic (exact) mass is 267 g/mol. The Morgan fingerprint density at radius 3 is 2.12 bits per heavy atom. The second-order valence-electron chi connectivity index (χ2n) is 3.50. The number of hydrogen-bond acceptors (Lipinski definition) is 3. The molecule has 1 rings (SSSR count). The summed E-state index contributed by atoms with van der Waals surface area (Å²) in [6.07, 6.45) is 0.349. The van der Waals surface area contributed by atoms with E-state index in [9.17, 15) is 13.0 Å². The van der Waals surface area contributed by atoms with E-state index in [0.29, 0.717) is 13.0 Å². The molecule has 1 unspecified atom stereocenters. The number of nitrogens with zero attached hydrogens (tertiary/aromatic N) is 1. The molecule has 0 radical (unpaired) electrons. The molecule has 0 aliphatic rings. The summed E-state index contributed by atoms with van der Waals surface area (Å²) in [5.41, 5.74) is 0.800. The van der Waals surface area contributed by atoms with Crippen molar-refractivity contribution >= 4 is 45.4 Å². The number of para-hydroxylation sites is 1. The van der Waals surface area contributed by atoms with Crippen LogP contribution in [0.2, 0.25) is 0 Å². The molecule has 1 aromatic carbocycles. The molecular weight excluding hydrogens is 249 g/mol. The minimum atomic E-state index is -4.05. The second kappa shape index (κ2) is 7.38. The van der Waals surface area contributed by atoms with Crippen LogP contribution in [0.1, 0.15) is 20.3 Å². The summed E-state index contributed by atoms with van der Waals surface area (Å²) in [5, 5.41) is -0.875. The number of hydrogen-bond donors (Lipinski definition) is 1. The van der Waals surface area contributed by atoms with Gasteiger partial charge in [0.1, 0.15) is 0 Å². The summed E-state index contributed by atoms with van der Waals surface area (Å²) in [6.45, 7) is 4.13. The average molecular weight is 267 g/mol. The molecule has 1 atom stereocenters. The first-order valence-corrected chi connectivity index (χ1v) is 6.79. The van der Waals surface area contributed by atoms with E-state index in [1.165, 1.54) is 0 Å². The first-order chi connectivity index (χ1) is 7.50. The third-order valence-corrected chi connectivity index (χ3v) is 3.74. The van der Waals surface area contributed by atoms with Gasteiger partial charge in [0, 0.05) is 12.2 Å². The Balaban J connectivity index is 0.00000256. The zero-order valence-corrected chi connectivity index (χ0v) is 10.3. The molecule has 0 spiro atoms. The van der Waals surface area contributed by atoms with Crippen LogP contribution in [-0.2, 0) is 10.1 Å². The molecule has 0 fully saturated rings. The first kappa shape index (κ1) is 16.9. The van der Waals surface area contributed by atoms with Crippen LogP contribution in [0.25, 0.3) is 0 Å². The summed E-state index contributed by atoms with van der Waals surface area (Å²) in [7, 11) is -4.05. The van der Waals surface area contributed by atoms with Crippen molar-refractivity contribution in [3.05, 3.63) is 30.3 Å². The molecule has 0 aliphatic carbocycles. The summed E-state index contributed by atoms with van der Waals surface area (Å²) in [5.74, 6) is 0. The fraction of sp³-hybridized carbons (Fsp3) is 0.455. The van der Waals surface area contributed by atoms with Crippen molar-refractivity contribution in [2.45, 2.75) is 25.6 Å². The second-order valence-corrected chi connectivity index (χ2v) is 5.07. The van der Waals surface area contributed by atoms with Gasteiger partial charge >= 0.3 is 29.6 Å². The Hall–Kier alpha value is -0.0700. The van der Waals surface area contributed by atoms with Gasteiger partial charge in [0.05, 0.1) is 0 Å². The van der Waals surface area contributed by atoms with Crippen LogP contribution in [0.5, 0.6) is 0 Å². The van der Waals surface area contributed by atoms with Crippen LogP contribution in [-0.4, -0.2) is 54.4 Å². The van der Waals surface area contributed by atoms with Crippen LogP contribution >= 0.6 is 0 Å². The van der Waals surface area contributed by atoms with Gasteiger partial charge in [-0.15, -0.1) is 0 Å². The molecule has 0 heterocycles. The van der Waals surface area contributed by atoms with Gasteiger partial charge in [0.2, 0.25) is 0 Å². The van der Waals surface area contributed by atoms with Gasteiger partial charge < -0.3 is 4.90 Å². The van der Waals surface area contributed by atoms with E-state index >= 15 is 0 Å². The standard InChI is InChI=1S/C11H17NO3S.Na.H/c1-3-11(16(13,14)15)12(4-2)10-8-6-5-7-9-10;;/h5-9,11H,3-4H2,1-2H3,(H,13,14,15);;. The Morgan fingerprint density at radius 2 is 1.76 bits per heavy atom. The summed E-state index contributed by atoms with van der Waals surface area (Å²) in [4.78, 5) is 1.68. The Labute approximate surface area is 125 Å². The van der Waals surface area contributed by atoms with Gasteiger partial charge in [-0.3, -0.25) is 4.55 Å². The van der Waals surface area contributed by atoms with Gasteiger partial charge in [0.15, 0.2) is 5.37 Å². The normalized spacial score (nSPS) is 12.6. The van der Waals surface area contributed by atoms with E-state index in [2.05, 4.69) is 0 Å². The van der Waals surface area contributed by atoms with Crippen molar-refractivity contribution in [3.63, 3.8) is 0 Å². The van der Waals surface area contributed by atoms with Crippen molar-refractivity contribution in [2.75, 3.05) is 11.4 Å². The van der Waals surface area contributed by atoms with Gasteiger partial charge in [-0.2, -0.15) is 8.42 Å². The Kier molecular flexibility index (Phi) is 7.35. The molecule has 6 heteroatoms. The van der Waals surface area contributed by atoms with E-state index in [-0.39, 0.29) is 29.6 Å². The zero-order valence-electron chi connectivity index (χ0n) is 9.50. The van der Waals surface area contributed by atoms with Crippen molar-refractivity contribution in [1.82, 2.24) is 0 Å². The number of anilines is 1. The van der Waals surface area contributed by atoms with Gasteiger partial charge in [-0.05, 0) is 25.5 Å². The van der Waals surface area contributed by atoms with Crippen LogP contribution in [0.15, 0.2) is 30.3 Å². The van der Waals surface area contributed by atoms with Crippen molar-refractivity contribution in [3.8, 4) is 0 Å². The van der Waals surface area contributed by atoms with E-state index in [4.69, 9.17) is 0 Å². The molecule has 1 aromatic rings. The molecule has 4 nitrogen and oxygen atoms in total. The van der Waals surface area contributed by atoms with Crippen LogP contribution < -0.4 is 4.90 Å².